The number of nitrogens with two attached hydrogens (primary N) is 1. The number of anilines is 2. The van der Waals surface area contributed by atoms with E-state index in [2.05, 4.69) is 17.2 Å². The summed E-state index contributed by atoms with van der Waals surface area (Å²) in [5, 5.41) is 3.49. The molecule has 0 spiro atoms. The molecule has 0 amide bonds. The molecule has 1 saturated carbocycles. The largest absolute Gasteiger partial charge is 0.382 e. The molecule has 15 heavy (non-hydrogen) atoms. The third kappa shape index (κ3) is 2.61. The fraction of sp³-hybridized carbons (Fsp3) is 0.583. The Bertz CT molecular complexity index is 324. The van der Waals surface area contributed by atoms with Crippen molar-refractivity contribution < 1.29 is 0 Å². The second-order valence-corrected chi connectivity index (χ2v) is 4.55. The fourth-order valence-electron chi connectivity index (χ4n) is 2.32. The first kappa shape index (κ1) is 10.3. The van der Waals surface area contributed by atoms with E-state index >= 15 is 0 Å². The Morgan fingerprint density at radius 3 is 3.07 bits per heavy atom. The van der Waals surface area contributed by atoms with Crippen molar-refractivity contribution in [1.82, 2.24) is 4.98 Å². The summed E-state index contributed by atoms with van der Waals surface area (Å²) in [5.41, 5.74) is 6.78. The summed E-state index contributed by atoms with van der Waals surface area (Å²) >= 11 is 0. The minimum Gasteiger partial charge on any atom is -0.382 e. The lowest BCUT2D eigenvalue weighted by Crippen LogP contribution is -2.26. The number of aromatic nitrogens is 1. The molecule has 2 atom stereocenters. The van der Waals surface area contributed by atoms with Crippen LogP contribution in [0, 0.1) is 5.92 Å². The van der Waals surface area contributed by atoms with Crippen molar-refractivity contribution in [2.45, 2.75) is 38.6 Å². The minimum atomic E-state index is 0.570. The number of pyridine rings is 1. The molecular formula is C12H19N3. The van der Waals surface area contributed by atoms with Gasteiger partial charge < -0.3 is 11.1 Å². The molecule has 1 aromatic rings. The molecule has 1 aromatic heterocycles. The van der Waals surface area contributed by atoms with Crippen molar-refractivity contribution in [3.8, 4) is 0 Å². The van der Waals surface area contributed by atoms with Crippen molar-refractivity contribution in [2.75, 3.05) is 11.1 Å². The third-order valence-electron chi connectivity index (χ3n) is 3.13. The van der Waals surface area contributed by atoms with E-state index in [9.17, 15) is 0 Å². The van der Waals surface area contributed by atoms with Crippen LogP contribution in [0.2, 0.25) is 0 Å². The van der Waals surface area contributed by atoms with E-state index < -0.39 is 0 Å². The Labute approximate surface area is 91.1 Å². The van der Waals surface area contributed by atoms with E-state index in [1.54, 1.807) is 6.20 Å². The van der Waals surface area contributed by atoms with Gasteiger partial charge in [0.25, 0.3) is 0 Å². The van der Waals surface area contributed by atoms with Gasteiger partial charge in [-0.1, -0.05) is 19.8 Å². The molecule has 2 unspecified atom stereocenters. The molecule has 3 N–H and O–H groups in total. The van der Waals surface area contributed by atoms with Gasteiger partial charge in [0.1, 0.15) is 5.82 Å². The molecule has 1 aliphatic rings. The quantitative estimate of drug-likeness (QED) is 0.780. The standard InChI is InChI=1S/C12H19N3/c1-9-4-2-5-10(8-9)15-11-6-3-7-14-12(11)13/h3,6-7,9-10,15H,2,4-5,8H2,1H3,(H2,13,14). The third-order valence-corrected chi connectivity index (χ3v) is 3.13. The average molecular weight is 205 g/mol. The highest BCUT2D eigenvalue weighted by atomic mass is 15.0. The van der Waals surface area contributed by atoms with Crippen molar-refractivity contribution in [1.29, 1.82) is 0 Å². The highest BCUT2D eigenvalue weighted by molar-refractivity contribution is 5.61. The van der Waals surface area contributed by atoms with Crippen LogP contribution in [0.4, 0.5) is 11.5 Å². The Morgan fingerprint density at radius 1 is 1.47 bits per heavy atom. The first-order chi connectivity index (χ1) is 7.25. The molecule has 0 saturated heterocycles. The summed E-state index contributed by atoms with van der Waals surface area (Å²) in [7, 11) is 0. The Morgan fingerprint density at radius 2 is 2.33 bits per heavy atom. The number of hydrogen-bond donors (Lipinski definition) is 2. The highest BCUT2D eigenvalue weighted by Gasteiger charge is 2.18. The SMILES string of the molecule is CC1CCCC(Nc2cccnc2N)C1. The Kier molecular flexibility index (Phi) is 3.09. The zero-order chi connectivity index (χ0) is 10.7. The van der Waals surface area contributed by atoms with Gasteiger partial charge in [0.15, 0.2) is 0 Å². The maximum Gasteiger partial charge on any atom is 0.146 e. The Hall–Kier alpha value is -1.25. The van der Waals surface area contributed by atoms with Gasteiger partial charge in [0.2, 0.25) is 0 Å². The second kappa shape index (κ2) is 4.51. The van der Waals surface area contributed by atoms with Gasteiger partial charge in [-0.25, -0.2) is 4.98 Å². The van der Waals surface area contributed by atoms with Crippen LogP contribution < -0.4 is 11.1 Å². The van der Waals surface area contributed by atoms with Crippen LogP contribution in [-0.2, 0) is 0 Å². The van der Waals surface area contributed by atoms with Crippen molar-refractivity contribution >= 4 is 11.5 Å². The van der Waals surface area contributed by atoms with Crippen LogP contribution in [0.15, 0.2) is 18.3 Å². The normalized spacial score (nSPS) is 26.2. The van der Waals surface area contributed by atoms with Gasteiger partial charge in [0, 0.05) is 12.2 Å². The molecule has 0 bridgehead atoms. The molecule has 2 rings (SSSR count). The molecule has 82 valence electrons. The smallest absolute Gasteiger partial charge is 0.146 e. The molecule has 3 heteroatoms. The molecular weight excluding hydrogens is 186 g/mol. The Balaban J connectivity index is 1.99. The van der Waals surface area contributed by atoms with Gasteiger partial charge in [-0.2, -0.15) is 0 Å². The van der Waals surface area contributed by atoms with Crippen molar-refractivity contribution in [3.63, 3.8) is 0 Å². The van der Waals surface area contributed by atoms with Crippen molar-refractivity contribution in [2.24, 2.45) is 5.92 Å². The number of nitrogen functional groups attached to an aromatic ring is 1. The summed E-state index contributed by atoms with van der Waals surface area (Å²) in [6, 6.07) is 4.49. The molecule has 1 heterocycles. The van der Waals surface area contributed by atoms with E-state index in [-0.39, 0.29) is 0 Å². The molecule has 0 radical (unpaired) electrons. The van der Waals surface area contributed by atoms with E-state index in [0.29, 0.717) is 11.9 Å². The van der Waals surface area contributed by atoms with Gasteiger partial charge in [0.05, 0.1) is 5.69 Å². The number of nitrogens with zero attached hydrogens (tertiary/aromatic N) is 1. The average Bonchev–Trinajstić information content (AvgIpc) is 2.22. The van der Waals surface area contributed by atoms with Crippen LogP contribution in [0.5, 0.6) is 0 Å². The summed E-state index contributed by atoms with van der Waals surface area (Å²) in [4.78, 5) is 4.08. The predicted octanol–water partition coefficient (Wildman–Crippen LogP) is 2.65. The van der Waals surface area contributed by atoms with Gasteiger partial charge in [-0.05, 0) is 30.9 Å². The van der Waals surface area contributed by atoms with E-state index in [4.69, 9.17) is 5.73 Å². The first-order valence-corrected chi connectivity index (χ1v) is 5.72. The summed E-state index contributed by atoms with van der Waals surface area (Å²) in [5.74, 6) is 1.44. The topological polar surface area (TPSA) is 50.9 Å². The van der Waals surface area contributed by atoms with Crippen molar-refractivity contribution in [3.05, 3.63) is 18.3 Å². The zero-order valence-corrected chi connectivity index (χ0v) is 9.24. The van der Waals surface area contributed by atoms with Gasteiger partial charge in [-0.3, -0.25) is 0 Å². The number of nitrogens with one attached hydrogen (secondary N) is 1. The van der Waals surface area contributed by atoms with Crippen LogP contribution in [0.3, 0.4) is 0 Å². The molecule has 3 nitrogen and oxygen atoms in total. The van der Waals surface area contributed by atoms with Gasteiger partial charge in [-0.15, -0.1) is 0 Å². The number of hydrogen-bond acceptors (Lipinski definition) is 3. The highest BCUT2D eigenvalue weighted by Crippen LogP contribution is 2.27. The summed E-state index contributed by atoms with van der Waals surface area (Å²) in [6.07, 6.45) is 6.90. The lowest BCUT2D eigenvalue weighted by Gasteiger charge is -2.28. The fourth-order valence-corrected chi connectivity index (χ4v) is 2.32. The summed E-state index contributed by atoms with van der Waals surface area (Å²) in [6.45, 7) is 2.32. The first-order valence-electron chi connectivity index (χ1n) is 5.72. The maximum absolute atomic E-state index is 5.80. The van der Waals surface area contributed by atoms with Crippen LogP contribution in [-0.4, -0.2) is 11.0 Å². The monoisotopic (exact) mass is 205 g/mol. The van der Waals surface area contributed by atoms with E-state index in [1.807, 2.05) is 12.1 Å². The molecule has 1 aliphatic carbocycles. The maximum atomic E-state index is 5.80. The van der Waals surface area contributed by atoms with E-state index in [0.717, 1.165) is 11.6 Å². The van der Waals surface area contributed by atoms with Gasteiger partial charge >= 0.3 is 0 Å². The summed E-state index contributed by atoms with van der Waals surface area (Å²) < 4.78 is 0. The number of rotatable bonds is 2. The second-order valence-electron chi connectivity index (χ2n) is 4.55. The molecule has 0 aromatic carbocycles. The van der Waals surface area contributed by atoms with Crippen LogP contribution in [0.1, 0.15) is 32.6 Å². The zero-order valence-electron chi connectivity index (χ0n) is 9.24. The minimum absolute atomic E-state index is 0.570. The van der Waals surface area contributed by atoms with Crippen LogP contribution >= 0.6 is 0 Å². The lowest BCUT2D eigenvalue weighted by atomic mass is 9.87. The molecule has 0 aliphatic heterocycles. The van der Waals surface area contributed by atoms with Crippen LogP contribution in [0.25, 0.3) is 0 Å². The predicted molar refractivity (Wildman–Crippen MR) is 63.7 cm³/mol. The lowest BCUT2D eigenvalue weighted by molar-refractivity contribution is 0.358. The molecule has 1 fully saturated rings. The van der Waals surface area contributed by atoms with E-state index in [1.165, 1.54) is 25.7 Å².